The Kier molecular flexibility index (Phi) is 4.61. The van der Waals surface area contributed by atoms with Gasteiger partial charge in [-0.1, -0.05) is 36.2 Å². The summed E-state index contributed by atoms with van der Waals surface area (Å²) in [7, 11) is 0. The van der Waals surface area contributed by atoms with Gasteiger partial charge in [-0.05, 0) is 38.1 Å². The Bertz CT molecular complexity index is 560. The summed E-state index contributed by atoms with van der Waals surface area (Å²) in [4.78, 5) is 1.05. The number of halogens is 2. The predicted molar refractivity (Wildman–Crippen MR) is 80.7 cm³/mol. The van der Waals surface area contributed by atoms with Crippen molar-refractivity contribution < 1.29 is 4.39 Å². The van der Waals surface area contributed by atoms with Crippen LogP contribution >= 0.6 is 22.9 Å². The standard InChI is InChI=1S/C15H17ClFNS/c1-4-18-14(13-8-10(3)15(16)19-13)11-7-9(2)5-6-12(11)17/h5-8,14,18H,4H2,1-3H3. The average molecular weight is 298 g/mol. The molecule has 0 fully saturated rings. The molecule has 1 heterocycles. The number of aryl methyl sites for hydroxylation is 2. The van der Waals surface area contributed by atoms with Crippen LogP contribution in [0.2, 0.25) is 4.34 Å². The molecule has 0 amide bonds. The van der Waals surface area contributed by atoms with Crippen LogP contribution in [0.25, 0.3) is 0 Å². The summed E-state index contributed by atoms with van der Waals surface area (Å²) < 4.78 is 14.8. The molecular formula is C15H17ClFNS. The molecule has 0 saturated carbocycles. The largest absolute Gasteiger partial charge is 0.306 e. The number of rotatable bonds is 4. The van der Waals surface area contributed by atoms with Crippen molar-refractivity contribution in [2.75, 3.05) is 6.54 Å². The summed E-state index contributed by atoms with van der Waals surface area (Å²) in [5.74, 6) is -0.182. The fraction of sp³-hybridized carbons (Fsp3) is 0.333. The van der Waals surface area contributed by atoms with Crippen LogP contribution in [0, 0.1) is 19.7 Å². The van der Waals surface area contributed by atoms with Gasteiger partial charge >= 0.3 is 0 Å². The molecule has 102 valence electrons. The molecule has 0 bridgehead atoms. The monoisotopic (exact) mass is 297 g/mol. The van der Waals surface area contributed by atoms with Gasteiger partial charge in [-0.3, -0.25) is 0 Å². The van der Waals surface area contributed by atoms with Crippen LogP contribution < -0.4 is 5.32 Å². The number of benzene rings is 1. The van der Waals surface area contributed by atoms with Gasteiger partial charge in [0.05, 0.1) is 10.4 Å². The lowest BCUT2D eigenvalue weighted by molar-refractivity contribution is 0.562. The Hall–Kier alpha value is -0.900. The first-order chi connectivity index (χ1) is 9.02. The van der Waals surface area contributed by atoms with E-state index in [9.17, 15) is 4.39 Å². The quantitative estimate of drug-likeness (QED) is 0.850. The second-order valence-electron chi connectivity index (χ2n) is 4.62. The minimum Gasteiger partial charge on any atom is -0.306 e. The van der Waals surface area contributed by atoms with Gasteiger partial charge in [-0.2, -0.15) is 0 Å². The molecular weight excluding hydrogens is 281 g/mol. The molecule has 1 aromatic carbocycles. The summed E-state index contributed by atoms with van der Waals surface area (Å²) in [5, 5.41) is 3.34. The van der Waals surface area contributed by atoms with Crippen molar-refractivity contribution in [2.24, 2.45) is 0 Å². The maximum Gasteiger partial charge on any atom is 0.128 e. The lowest BCUT2D eigenvalue weighted by Crippen LogP contribution is -2.22. The third-order valence-electron chi connectivity index (χ3n) is 3.03. The molecule has 0 aliphatic carbocycles. The van der Waals surface area contributed by atoms with Crippen LogP contribution in [0.1, 0.15) is 34.5 Å². The molecule has 2 rings (SSSR count). The van der Waals surface area contributed by atoms with E-state index in [0.717, 1.165) is 26.9 Å². The van der Waals surface area contributed by atoms with Crippen LogP contribution in [0.5, 0.6) is 0 Å². The van der Waals surface area contributed by atoms with Crippen molar-refractivity contribution in [2.45, 2.75) is 26.8 Å². The summed E-state index contributed by atoms with van der Waals surface area (Å²) in [6.07, 6.45) is 0. The fourth-order valence-electron chi connectivity index (χ4n) is 2.08. The highest BCUT2D eigenvalue weighted by Gasteiger charge is 2.20. The molecule has 19 heavy (non-hydrogen) atoms. The number of hydrogen-bond acceptors (Lipinski definition) is 2. The molecule has 1 unspecified atom stereocenters. The van der Waals surface area contributed by atoms with E-state index >= 15 is 0 Å². The topological polar surface area (TPSA) is 12.0 Å². The molecule has 0 spiro atoms. The Labute approximate surface area is 122 Å². The smallest absolute Gasteiger partial charge is 0.128 e. The Morgan fingerprint density at radius 3 is 2.63 bits per heavy atom. The maximum absolute atomic E-state index is 14.1. The molecule has 2 aromatic rings. The third-order valence-corrected chi connectivity index (χ3v) is 4.65. The van der Waals surface area contributed by atoms with E-state index in [-0.39, 0.29) is 11.9 Å². The van der Waals surface area contributed by atoms with Crippen LogP contribution in [-0.4, -0.2) is 6.54 Å². The van der Waals surface area contributed by atoms with E-state index in [1.54, 1.807) is 6.07 Å². The zero-order valence-electron chi connectivity index (χ0n) is 11.3. The SMILES string of the molecule is CCNC(c1cc(C)c(Cl)s1)c1cc(C)ccc1F. The third kappa shape index (κ3) is 3.16. The van der Waals surface area contributed by atoms with Crippen molar-refractivity contribution in [1.82, 2.24) is 5.32 Å². The fourth-order valence-corrected chi connectivity index (χ4v) is 3.39. The highest BCUT2D eigenvalue weighted by Crippen LogP contribution is 2.35. The van der Waals surface area contributed by atoms with Crippen molar-refractivity contribution in [3.05, 3.63) is 56.0 Å². The molecule has 1 aromatic heterocycles. The summed E-state index contributed by atoms with van der Waals surface area (Å²) >= 11 is 7.64. The predicted octanol–water partition coefficient (Wildman–Crippen LogP) is 4.86. The van der Waals surface area contributed by atoms with Gasteiger partial charge < -0.3 is 5.32 Å². The molecule has 0 aliphatic heterocycles. The van der Waals surface area contributed by atoms with Crippen molar-refractivity contribution in [3.63, 3.8) is 0 Å². The first kappa shape index (κ1) is 14.5. The van der Waals surface area contributed by atoms with Crippen molar-refractivity contribution in [1.29, 1.82) is 0 Å². The Morgan fingerprint density at radius 2 is 2.05 bits per heavy atom. The van der Waals surface area contributed by atoms with E-state index < -0.39 is 0 Å². The van der Waals surface area contributed by atoms with Crippen molar-refractivity contribution in [3.8, 4) is 0 Å². The Morgan fingerprint density at radius 1 is 1.32 bits per heavy atom. The van der Waals surface area contributed by atoms with Gasteiger partial charge in [0.15, 0.2) is 0 Å². The second kappa shape index (κ2) is 6.04. The van der Waals surface area contributed by atoms with Crippen LogP contribution in [-0.2, 0) is 0 Å². The van der Waals surface area contributed by atoms with E-state index in [0.29, 0.717) is 5.56 Å². The lowest BCUT2D eigenvalue weighted by atomic mass is 10.0. The first-order valence-corrected chi connectivity index (χ1v) is 7.47. The molecule has 4 heteroatoms. The van der Waals surface area contributed by atoms with Crippen LogP contribution in [0.3, 0.4) is 0 Å². The van der Waals surface area contributed by atoms with Gasteiger partial charge in [0.2, 0.25) is 0 Å². The molecule has 0 radical (unpaired) electrons. The number of hydrogen-bond donors (Lipinski definition) is 1. The summed E-state index contributed by atoms with van der Waals surface area (Å²) in [5.41, 5.74) is 2.77. The molecule has 1 nitrogen and oxygen atoms in total. The van der Waals surface area contributed by atoms with Gasteiger partial charge in [-0.15, -0.1) is 11.3 Å². The normalized spacial score (nSPS) is 12.7. The second-order valence-corrected chi connectivity index (χ2v) is 6.31. The zero-order valence-corrected chi connectivity index (χ0v) is 12.8. The number of thiophene rings is 1. The maximum atomic E-state index is 14.1. The molecule has 0 saturated heterocycles. The van der Waals surface area contributed by atoms with Gasteiger partial charge in [-0.25, -0.2) is 4.39 Å². The molecule has 1 N–H and O–H groups in total. The first-order valence-electron chi connectivity index (χ1n) is 6.28. The van der Waals surface area contributed by atoms with Gasteiger partial charge in [0, 0.05) is 10.4 Å². The van der Waals surface area contributed by atoms with E-state index in [1.165, 1.54) is 17.4 Å². The van der Waals surface area contributed by atoms with Gasteiger partial charge in [0.1, 0.15) is 5.82 Å². The Balaban J connectivity index is 2.47. The van der Waals surface area contributed by atoms with E-state index in [1.807, 2.05) is 32.9 Å². The molecule has 1 atom stereocenters. The minimum atomic E-state index is -0.182. The van der Waals surface area contributed by atoms with Crippen LogP contribution in [0.15, 0.2) is 24.3 Å². The van der Waals surface area contributed by atoms with E-state index in [2.05, 4.69) is 5.32 Å². The minimum absolute atomic E-state index is 0.138. The summed E-state index contributed by atoms with van der Waals surface area (Å²) in [6.45, 7) is 6.73. The average Bonchev–Trinajstić information content (AvgIpc) is 2.70. The number of nitrogens with one attached hydrogen (secondary N) is 1. The molecule has 0 aliphatic rings. The zero-order chi connectivity index (χ0) is 14.0. The lowest BCUT2D eigenvalue weighted by Gasteiger charge is -2.18. The van der Waals surface area contributed by atoms with E-state index in [4.69, 9.17) is 11.6 Å². The van der Waals surface area contributed by atoms with Gasteiger partial charge in [0.25, 0.3) is 0 Å². The summed E-state index contributed by atoms with van der Waals surface area (Å²) in [6, 6.07) is 7.10. The van der Waals surface area contributed by atoms with Crippen LogP contribution in [0.4, 0.5) is 4.39 Å². The van der Waals surface area contributed by atoms with Crippen molar-refractivity contribution >= 4 is 22.9 Å². The highest BCUT2D eigenvalue weighted by molar-refractivity contribution is 7.16. The highest BCUT2D eigenvalue weighted by atomic mass is 35.5.